The topological polar surface area (TPSA) is 74.6 Å². The number of rotatable bonds is 5. The minimum Gasteiger partial charge on any atom is -0.390 e. The lowest BCUT2D eigenvalue weighted by atomic mass is 10.1. The van der Waals surface area contributed by atoms with Gasteiger partial charge in [-0.25, -0.2) is 13.1 Å². The van der Waals surface area contributed by atoms with E-state index in [4.69, 9.17) is 0 Å². The molecule has 1 aliphatic rings. The molecule has 20 heavy (non-hydrogen) atoms. The Balaban J connectivity index is 2.12. The maximum atomic E-state index is 12.4. The number of nitrogens with one attached hydrogen (secondary N) is 1. The third-order valence-electron chi connectivity index (χ3n) is 3.81. The van der Waals surface area contributed by atoms with E-state index in [0.717, 1.165) is 25.9 Å². The number of piperidine rings is 1. The molecule has 1 saturated heterocycles. The molecule has 0 amide bonds. The Morgan fingerprint density at radius 1 is 1.40 bits per heavy atom. The van der Waals surface area contributed by atoms with Crippen LogP contribution >= 0.6 is 0 Å². The first kappa shape index (κ1) is 15.5. The van der Waals surface area contributed by atoms with Crippen molar-refractivity contribution in [2.75, 3.05) is 20.1 Å². The summed E-state index contributed by atoms with van der Waals surface area (Å²) >= 11 is 0. The number of sulfonamides is 1. The molecule has 0 bridgehead atoms. The van der Waals surface area contributed by atoms with Gasteiger partial charge in [0.05, 0.1) is 11.5 Å². The van der Waals surface area contributed by atoms with Gasteiger partial charge in [0.2, 0.25) is 10.0 Å². The Labute approximate surface area is 120 Å². The second-order valence-electron chi connectivity index (χ2n) is 5.31. The normalized spacial score (nSPS) is 18.6. The average molecular weight is 301 g/mol. The van der Waals surface area contributed by atoms with Gasteiger partial charge in [0.25, 0.3) is 0 Å². The molecule has 0 radical (unpaired) electrons. The second kappa shape index (κ2) is 6.26. The zero-order valence-corrected chi connectivity index (χ0v) is 12.9. The van der Waals surface area contributed by atoms with Crippen molar-refractivity contribution in [1.29, 1.82) is 0 Å². The van der Waals surface area contributed by atoms with E-state index in [1.807, 2.05) is 14.0 Å². The van der Waals surface area contributed by atoms with Gasteiger partial charge in [-0.05, 0) is 46.0 Å². The third kappa shape index (κ3) is 3.41. The molecular weight excluding hydrogens is 278 g/mol. The molecule has 6 nitrogen and oxygen atoms in total. The molecule has 7 heteroatoms. The Morgan fingerprint density at radius 2 is 2.05 bits per heavy atom. The molecule has 2 heterocycles. The van der Waals surface area contributed by atoms with Crippen molar-refractivity contribution < 1.29 is 13.5 Å². The highest BCUT2D eigenvalue weighted by Crippen LogP contribution is 2.17. The van der Waals surface area contributed by atoms with Crippen LogP contribution in [0.3, 0.4) is 0 Å². The van der Waals surface area contributed by atoms with Crippen LogP contribution in [0.1, 0.15) is 25.5 Å². The van der Waals surface area contributed by atoms with Gasteiger partial charge >= 0.3 is 0 Å². The van der Waals surface area contributed by atoms with Crippen LogP contribution in [0.15, 0.2) is 17.2 Å². The van der Waals surface area contributed by atoms with Crippen LogP contribution in [0.4, 0.5) is 0 Å². The molecule has 1 fully saturated rings. The molecule has 1 aliphatic heterocycles. The van der Waals surface area contributed by atoms with E-state index in [2.05, 4.69) is 9.62 Å². The first-order valence-corrected chi connectivity index (χ1v) is 8.45. The van der Waals surface area contributed by atoms with E-state index >= 15 is 0 Å². The van der Waals surface area contributed by atoms with Gasteiger partial charge < -0.3 is 14.6 Å². The summed E-state index contributed by atoms with van der Waals surface area (Å²) in [6.07, 6.45) is 3.25. The zero-order chi connectivity index (χ0) is 14.8. The number of hydrogen-bond donors (Lipinski definition) is 2. The summed E-state index contributed by atoms with van der Waals surface area (Å²) in [6.45, 7) is 4.22. The van der Waals surface area contributed by atoms with Gasteiger partial charge in [0.1, 0.15) is 0 Å². The van der Waals surface area contributed by atoms with Crippen LogP contribution in [0, 0.1) is 0 Å². The lowest BCUT2D eigenvalue weighted by Crippen LogP contribution is -2.43. The molecule has 0 aromatic carbocycles. The van der Waals surface area contributed by atoms with E-state index in [1.165, 1.54) is 0 Å². The predicted molar refractivity (Wildman–Crippen MR) is 76.9 cm³/mol. The first-order valence-electron chi connectivity index (χ1n) is 6.97. The lowest BCUT2D eigenvalue weighted by molar-refractivity contribution is 0.248. The average Bonchev–Trinajstić information content (AvgIpc) is 2.85. The summed E-state index contributed by atoms with van der Waals surface area (Å²) in [6, 6.07) is 1.54. The smallest absolute Gasteiger partial charge is 0.242 e. The van der Waals surface area contributed by atoms with E-state index in [1.54, 1.807) is 16.8 Å². The summed E-state index contributed by atoms with van der Waals surface area (Å²) < 4.78 is 29.2. The quantitative estimate of drug-likeness (QED) is 0.824. The zero-order valence-electron chi connectivity index (χ0n) is 12.0. The van der Waals surface area contributed by atoms with Crippen LogP contribution < -0.4 is 4.72 Å². The molecule has 0 unspecified atom stereocenters. The highest BCUT2D eigenvalue weighted by atomic mass is 32.2. The maximum absolute atomic E-state index is 12.4. The van der Waals surface area contributed by atoms with E-state index in [9.17, 15) is 13.5 Å². The molecule has 0 aliphatic carbocycles. The summed E-state index contributed by atoms with van der Waals surface area (Å²) in [4.78, 5) is 2.43. The molecule has 2 N–H and O–H groups in total. The van der Waals surface area contributed by atoms with Crippen LogP contribution in [-0.4, -0.2) is 49.2 Å². The van der Waals surface area contributed by atoms with Crippen LogP contribution in [0.5, 0.6) is 0 Å². The second-order valence-corrected chi connectivity index (χ2v) is 7.02. The van der Waals surface area contributed by atoms with Crippen LogP contribution in [0.25, 0.3) is 0 Å². The SMILES string of the molecule is CCn1cc(S(=O)(=O)NC2CCN(C)CC2)cc1CO. The van der Waals surface area contributed by atoms with Gasteiger partial charge in [-0.2, -0.15) is 0 Å². The van der Waals surface area contributed by atoms with Crippen molar-refractivity contribution >= 4 is 10.0 Å². The molecule has 0 saturated carbocycles. The highest BCUT2D eigenvalue weighted by molar-refractivity contribution is 7.89. The van der Waals surface area contributed by atoms with Gasteiger partial charge in [-0.1, -0.05) is 0 Å². The molecule has 1 aromatic heterocycles. The fourth-order valence-electron chi connectivity index (χ4n) is 2.51. The van der Waals surface area contributed by atoms with Crippen molar-refractivity contribution in [3.05, 3.63) is 18.0 Å². The molecule has 0 atom stereocenters. The number of aryl methyl sites for hydroxylation is 1. The van der Waals surface area contributed by atoms with Gasteiger partial charge in [0.15, 0.2) is 0 Å². The van der Waals surface area contributed by atoms with E-state index < -0.39 is 10.0 Å². The van der Waals surface area contributed by atoms with Crippen molar-refractivity contribution in [3.63, 3.8) is 0 Å². The maximum Gasteiger partial charge on any atom is 0.242 e. The van der Waals surface area contributed by atoms with Crippen LogP contribution in [0.2, 0.25) is 0 Å². The molecular formula is C13H23N3O3S. The standard InChI is InChI=1S/C13H23N3O3S/c1-3-16-9-13(8-12(16)10-17)20(18,19)14-11-4-6-15(2)7-5-11/h8-9,11,14,17H,3-7,10H2,1-2H3. The van der Waals surface area contributed by atoms with Gasteiger partial charge in [-0.3, -0.25) is 0 Å². The number of aliphatic hydroxyl groups excluding tert-OH is 1. The van der Waals surface area contributed by atoms with E-state index in [0.29, 0.717) is 12.2 Å². The number of likely N-dealkylation sites (tertiary alicyclic amines) is 1. The largest absolute Gasteiger partial charge is 0.390 e. The predicted octanol–water partition coefficient (Wildman–Crippen LogP) is 0.373. The Morgan fingerprint density at radius 3 is 2.55 bits per heavy atom. The van der Waals surface area contributed by atoms with Crippen molar-refractivity contribution in [1.82, 2.24) is 14.2 Å². The summed E-state index contributed by atoms with van der Waals surface area (Å²) in [5, 5.41) is 9.24. The molecule has 1 aromatic rings. The van der Waals surface area contributed by atoms with Crippen LogP contribution in [-0.2, 0) is 23.2 Å². The fourth-order valence-corrected chi connectivity index (χ4v) is 3.88. The van der Waals surface area contributed by atoms with E-state index in [-0.39, 0.29) is 17.5 Å². The Bertz CT molecular complexity index is 524. The van der Waals surface area contributed by atoms with Gasteiger partial charge in [0, 0.05) is 24.5 Å². The molecule has 2 rings (SSSR count). The highest BCUT2D eigenvalue weighted by Gasteiger charge is 2.24. The number of aliphatic hydroxyl groups is 1. The monoisotopic (exact) mass is 301 g/mol. The number of hydrogen-bond acceptors (Lipinski definition) is 4. The number of aromatic nitrogens is 1. The lowest BCUT2D eigenvalue weighted by Gasteiger charge is -2.29. The first-order chi connectivity index (χ1) is 9.46. The van der Waals surface area contributed by atoms with Crippen molar-refractivity contribution in [2.45, 2.75) is 43.9 Å². The van der Waals surface area contributed by atoms with Crippen molar-refractivity contribution in [2.24, 2.45) is 0 Å². The Kier molecular flexibility index (Phi) is 4.85. The number of nitrogens with zero attached hydrogens (tertiary/aromatic N) is 2. The fraction of sp³-hybridized carbons (Fsp3) is 0.692. The summed E-state index contributed by atoms with van der Waals surface area (Å²) in [7, 11) is -1.46. The summed E-state index contributed by atoms with van der Waals surface area (Å²) in [5.41, 5.74) is 0.622. The van der Waals surface area contributed by atoms with Crippen molar-refractivity contribution in [3.8, 4) is 0 Å². The third-order valence-corrected chi connectivity index (χ3v) is 5.30. The Hall–Kier alpha value is -0.890. The summed E-state index contributed by atoms with van der Waals surface area (Å²) in [5.74, 6) is 0. The molecule has 114 valence electrons. The minimum absolute atomic E-state index is 0.00115. The molecule has 0 spiro atoms. The minimum atomic E-state index is -3.50. The van der Waals surface area contributed by atoms with Gasteiger partial charge in [-0.15, -0.1) is 0 Å².